The Morgan fingerprint density at radius 2 is 1.87 bits per heavy atom. The molecule has 7 nitrogen and oxygen atoms in total. The molecule has 1 aromatic carbocycles. The first-order valence-corrected chi connectivity index (χ1v) is 9.91. The molecule has 0 unspecified atom stereocenters. The van der Waals surface area contributed by atoms with Crippen LogP contribution >= 0.6 is 0 Å². The van der Waals surface area contributed by atoms with E-state index >= 15 is 0 Å². The normalized spacial score (nSPS) is 15.4. The summed E-state index contributed by atoms with van der Waals surface area (Å²) in [7, 11) is 0. The standard InChI is InChI=1S/C21H21N5.C2H6.CH4N2/c1-14-5-4-10-24-21(26-15(2)11-14)17-7-3-6-16(12-17)19-9-8-18(13-25-19)20(22)23;1-2;2-1-3/h3-9,11-13H,2,10H2,1H3,(H3,22,23)(H,24,26);1-2H3;1H,(H3,2,3)/b5-4-,14-11-;;. The summed E-state index contributed by atoms with van der Waals surface area (Å²) in [6, 6.07) is 11.7. The highest BCUT2D eigenvalue weighted by atomic mass is 15.0. The average Bonchev–Trinajstić information content (AvgIpc) is 2.85. The number of allylic oxidation sites excluding steroid dienone is 3. The zero-order valence-electron chi connectivity index (χ0n) is 18.3. The molecule has 0 fully saturated rings. The molecule has 2 heterocycles. The van der Waals surface area contributed by atoms with E-state index in [2.05, 4.69) is 27.6 Å². The minimum absolute atomic E-state index is 0.0110. The van der Waals surface area contributed by atoms with Gasteiger partial charge in [-0.2, -0.15) is 0 Å². The second-order valence-electron chi connectivity index (χ2n) is 6.22. The minimum Gasteiger partial charge on any atom is -0.390 e. The van der Waals surface area contributed by atoms with Crippen molar-refractivity contribution in [3.63, 3.8) is 0 Å². The van der Waals surface area contributed by atoms with Crippen molar-refractivity contribution in [2.75, 3.05) is 6.54 Å². The summed E-state index contributed by atoms with van der Waals surface area (Å²) in [5, 5.41) is 16.6. The maximum Gasteiger partial charge on any atom is 0.133 e. The Hall–Kier alpha value is -4.00. The van der Waals surface area contributed by atoms with Crippen LogP contribution in [-0.4, -0.2) is 29.5 Å². The first-order chi connectivity index (χ1) is 14.9. The molecule has 1 aliphatic heterocycles. The van der Waals surface area contributed by atoms with Crippen LogP contribution in [0.3, 0.4) is 0 Å². The van der Waals surface area contributed by atoms with E-state index in [1.807, 2.05) is 69.3 Å². The van der Waals surface area contributed by atoms with Crippen LogP contribution in [0.15, 0.2) is 83.7 Å². The number of hydrogen-bond acceptors (Lipinski definition) is 5. The van der Waals surface area contributed by atoms with Crippen LogP contribution in [0.25, 0.3) is 11.3 Å². The molecule has 0 atom stereocenters. The van der Waals surface area contributed by atoms with E-state index < -0.39 is 0 Å². The van der Waals surface area contributed by atoms with E-state index in [-0.39, 0.29) is 5.84 Å². The Bertz CT molecular complexity index is 983. The van der Waals surface area contributed by atoms with Crippen molar-refractivity contribution in [2.24, 2.45) is 16.5 Å². The van der Waals surface area contributed by atoms with E-state index in [0.29, 0.717) is 12.1 Å². The van der Waals surface area contributed by atoms with Crippen molar-refractivity contribution in [3.8, 4) is 11.3 Å². The largest absolute Gasteiger partial charge is 0.390 e. The highest BCUT2D eigenvalue weighted by Crippen LogP contribution is 2.19. The van der Waals surface area contributed by atoms with E-state index in [1.54, 1.807) is 12.3 Å². The third kappa shape index (κ3) is 8.10. The molecule has 1 aromatic heterocycles. The SMILES string of the molecule is C=C1/C=C(C)\C=C/CN=C(c2cccc(-c3ccc(C(=N)N)cn3)c2)N1.CC.N=CN. The molecule has 0 radical (unpaired) electrons. The summed E-state index contributed by atoms with van der Waals surface area (Å²) in [6.07, 6.45) is 8.41. The third-order valence-corrected chi connectivity index (χ3v) is 3.92. The molecule has 7 heteroatoms. The number of aromatic nitrogens is 1. The fourth-order valence-electron chi connectivity index (χ4n) is 2.65. The predicted octanol–water partition coefficient (Wildman–Crippen LogP) is 3.98. The highest BCUT2D eigenvalue weighted by molar-refractivity contribution is 6.01. The van der Waals surface area contributed by atoms with Gasteiger partial charge >= 0.3 is 0 Å². The number of hydrogen-bond donors (Lipinski definition) is 5. The molecule has 3 rings (SSSR count). The van der Waals surface area contributed by atoms with Crippen molar-refractivity contribution in [3.05, 3.63) is 89.8 Å². The van der Waals surface area contributed by atoms with Crippen LogP contribution in [0.4, 0.5) is 0 Å². The fourth-order valence-corrected chi connectivity index (χ4v) is 2.65. The van der Waals surface area contributed by atoms with Gasteiger partial charge in [-0.3, -0.25) is 20.8 Å². The van der Waals surface area contributed by atoms with Crippen molar-refractivity contribution in [1.29, 1.82) is 10.8 Å². The Morgan fingerprint density at radius 1 is 1.19 bits per heavy atom. The lowest BCUT2D eigenvalue weighted by Gasteiger charge is -2.11. The molecular formula is C24H31N7. The number of nitrogens with one attached hydrogen (secondary N) is 3. The monoisotopic (exact) mass is 417 g/mol. The van der Waals surface area contributed by atoms with Gasteiger partial charge in [0.05, 0.1) is 18.6 Å². The van der Waals surface area contributed by atoms with Gasteiger partial charge in [0, 0.05) is 28.6 Å². The molecule has 0 aliphatic carbocycles. The van der Waals surface area contributed by atoms with E-state index in [4.69, 9.17) is 16.6 Å². The lowest BCUT2D eigenvalue weighted by molar-refractivity contribution is 1.13. The number of nitrogen functional groups attached to an aromatic ring is 1. The summed E-state index contributed by atoms with van der Waals surface area (Å²) in [6.45, 7) is 10.7. The quantitative estimate of drug-likeness (QED) is 0.381. The van der Waals surface area contributed by atoms with Gasteiger partial charge < -0.3 is 16.8 Å². The lowest BCUT2D eigenvalue weighted by atomic mass is 10.1. The first-order valence-electron chi connectivity index (χ1n) is 9.91. The lowest BCUT2D eigenvalue weighted by Crippen LogP contribution is -2.23. The molecule has 1 aliphatic rings. The highest BCUT2D eigenvalue weighted by Gasteiger charge is 2.08. The maximum absolute atomic E-state index is 7.46. The number of rotatable bonds is 3. The van der Waals surface area contributed by atoms with Gasteiger partial charge in [-0.1, -0.05) is 50.8 Å². The second kappa shape index (κ2) is 13.3. The summed E-state index contributed by atoms with van der Waals surface area (Å²) >= 11 is 0. The number of amidine groups is 2. The van der Waals surface area contributed by atoms with Crippen LogP contribution in [0.2, 0.25) is 0 Å². The van der Waals surface area contributed by atoms with Crippen molar-refractivity contribution in [2.45, 2.75) is 20.8 Å². The summed E-state index contributed by atoms with van der Waals surface area (Å²) in [5.41, 5.74) is 15.1. The zero-order valence-corrected chi connectivity index (χ0v) is 18.3. The van der Waals surface area contributed by atoms with Crippen LogP contribution in [0, 0.1) is 10.8 Å². The van der Waals surface area contributed by atoms with Gasteiger partial charge in [0.2, 0.25) is 0 Å². The molecule has 7 N–H and O–H groups in total. The molecule has 2 aromatic rings. The minimum atomic E-state index is 0.0110. The fraction of sp³-hybridized carbons (Fsp3) is 0.167. The Morgan fingerprint density at radius 3 is 2.48 bits per heavy atom. The van der Waals surface area contributed by atoms with Gasteiger partial charge in [0.15, 0.2) is 0 Å². The first kappa shape index (κ1) is 25.0. The van der Waals surface area contributed by atoms with Crippen LogP contribution in [0.5, 0.6) is 0 Å². The molecule has 0 amide bonds. The van der Waals surface area contributed by atoms with Crippen molar-refractivity contribution < 1.29 is 0 Å². The number of nitrogens with zero attached hydrogens (tertiary/aromatic N) is 2. The van der Waals surface area contributed by atoms with Gasteiger partial charge in [0.25, 0.3) is 0 Å². The Balaban J connectivity index is 0.000000884. The van der Waals surface area contributed by atoms with Crippen molar-refractivity contribution >= 4 is 18.0 Å². The van der Waals surface area contributed by atoms with E-state index in [0.717, 1.165) is 40.3 Å². The third-order valence-electron chi connectivity index (χ3n) is 3.92. The van der Waals surface area contributed by atoms with E-state index in [9.17, 15) is 0 Å². The van der Waals surface area contributed by atoms with E-state index in [1.165, 1.54) is 0 Å². The van der Waals surface area contributed by atoms with Crippen LogP contribution < -0.4 is 16.8 Å². The average molecular weight is 418 g/mol. The molecule has 0 saturated carbocycles. The topological polar surface area (TPSA) is 137 Å². The molecular weight excluding hydrogens is 386 g/mol. The van der Waals surface area contributed by atoms with Crippen LogP contribution in [0.1, 0.15) is 31.9 Å². The van der Waals surface area contributed by atoms with Crippen molar-refractivity contribution in [1.82, 2.24) is 10.3 Å². The number of aliphatic imine (C=N–C) groups is 1. The van der Waals surface area contributed by atoms with Gasteiger partial charge in [-0.25, -0.2) is 0 Å². The summed E-state index contributed by atoms with van der Waals surface area (Å²) in [5.74, 6) is 0.782. The van der Waals surface area contributed by atoms with Gasteiger partial charge in [-0.05, 0) is 36.8 Å². The molecule has 0 spiro atoms. The maximum atomic E-state index is 7.46. The Labute approximate surface area is 184 Å². The van der Waals surface area contributed by atoms with Gasteiger partial charge in [0.1, 0.15) is 11.7 Å². The zero-order chi connectivity index (χ0) is 23.2. The molecule has 0 bridgehead atoms. The number of nitrogens with two attached hydrogens (primary N) is 2. The van der Waals surface area contributed by atoms with Crippen LogP contribution in [-0.2, 0) is 0 Å². The van der Waals surface area contributed by atoms with Gasteiger partial charge in [-0.15, -0.1) is 0 Å². The summed E-state index contributed by atoms with van der Waals surface area (Å²) < 4.78 is 0. The molecule has 0 saturated heterocycles. The summed E-state index contributed by atoms with van der Waals surface area (Å²) in [4.78, 5) is 9.04. The molecule has 162 valence electrons. The smallest absolute Gasteiger partial charge is 0.133 e. The number of benzene rings is 1. The number of pyridine rings is 1. The predicted molar refractivity (Wildman–Crippen MR) is 132 cm³/mol. The molecule has 31 heavy (non-hydrogen) atoms. The second-order valence-corrected chi connectivity index (χ2v) is 6.22. The Kier molecular flexibility index (Phi) is 10.7.